The molecular formula is C29H29F2N3O8. The standard InChI is InChI=1S/C29H29F2N3O8/c1-40-27-24-19(26(36)20(28(37)38)12-33(24)16-2-3-16)9-22(31)25(27)32-7-6-15(10-32)14-41-23-5-4-17(8-21(23)30)34-11-18(13-35)42-29(34)39/h4-5,8-9,12,15-16,18,35H,2-3,6-7,10-11,13-14H2,1H3,(H,37,38)/t15-,18-/m1/s1. The van der Waals surface area contributed by atoms with Gasteiger partial charge in [-0.1, -0.05) is 0 Å². The number of methoxy groups -OCH3 is 1. The molecule has 3 aliphatic rings. The molecule has 1 aromatic heterocycles. The molecule has 2 atom stereocenters. The Kier molecular flexibility index (Phi) is 7.13. The number of pyridine rings is 1. The number of aromatic carboxylic acids is 1. The monoisotopic (exact) mass is 585 g/mol. The Morgan fingerprint density at radius 2 is 1.90 bits per heavy atom. The summed E-state index contributed by atoms with van der Waals surface area (Å²) < 4.78 is 48.6. The third-order valence-electron chi connectivity index (χ3n) is 7.95. The van der Waals surface area contributed by atoms with Crippen molar-refractivity contribution in [3.05, 3.63) is 57.9 Å². The molecule has 2 saturated heterocycles. The second-order valence-electron chi connectivity index (χ2n) is 10.8. The van der Waals surface area contributed by atoms with E-state index in [9.17, 15) is 29.0 Å². The molecular weight excluding hydrogens is 556 g/mol. The van der Waals surface area contributed by atoms with Gasteiger partial charge in [-0.15, -0.1) is 0 Å². The first-order valence-electron chi connectivity index (χ1n) is 13.6. The number of rotatable bonds is 9. The topological polar surface area (TPSA) is 131 Å². The maximum absolute atomic E-state index is 15.6. The van der Waals surface area contributed by atoms with E-state index < -0.39 is 40.8 Å². The number of carboxylic acid groups (broad SMARTS) is 1. The number of aromatic nitrogens is 1. The van der Waals surface area contributed by atoms with E-state index in [0.717, 1.165) is 18.9 Å². The van der Waals surface area contributed by atoms with Crippen LogP contribution in [0, 0.1) is 17.6 Å². The van der Waals surface area contributed by atoms with Crippen molar-refractivity contribution in [2.24, 2.45) is 5.92 Å². The van der Waals surface area contributed by atoms with E-state index in [4.69, 9.17) is 14.2 Å². The van der Waals surface area contributed by atoms with Crippen LogP contribution in [0.2, 0.25) is 0 Å². The average molecular weight is 586 g/mol. The first kappa shape index (κ1) is 27.8. The highest BCUT2D eigenvalue weighted by atomic mass is 19.1. The summed E-state index contributed by atoms with van der Waals surface area (Å²) in [6.07, 6.45) is 2.21. The summed E-state index contributed by atoms with van der Waals surface area (Å²) in [6, 6.07) is 5.20. The van der Waals surface area contributed by atoms with E-state index in [1.54, 1.807) is 9.47 Å². The van der Waals surface area contributed by atoms with Gasteiger partial charge in [-0.05, 0) is 37.5 Å². The molecule has 1 aliphatic carbocycles. The molecule has 2 aromatic carbocycles. The van der Waals surface area contributed by atoms with Crippen LogP contribution in [0.15, 0.2) is 35.3 Å². The molecule has 1 saturated carbocycles. The highest BCUT2D eigenvalue weighted by molar-refractivity contribution is 5.97. The third kappa shape index (κ3) is 4.87. The number of ether oxygens (including phenoxy) is 3. The van der Waals surface area contributed by atoms with Gasteiger partial charge in [-0.3, -0.25) is 9.69 Å². The van der Waals surface area contributed by atoms with Gasteiger partial charge in [0.25, 0.3) is 0 Å². The Labute approximate surface area is 238 Å². The predicted molar refractivity (Wildman–Crippen MR) is 147 cm³/mol. The maximum atomic E-state index is 15.6. The number of cyclic esters (lactones) is 1. The summed E-state index contributed by atoms with van der Waals surface area (Å²) in [4.78, 5) is 39.7. The molecule has 0 radical (unpaired) electrons. The number of hydrogen-bond acceptors (Lipinski definition) is 8. The highest BCUT2D eigenvalue weighted by Gasteiger charge is 2.34. The Morgan fingerprint density at radius 1 is 1.12 bits per heavy atom. The minimum absolute atomic E-state index is 0.000578. The van der Waals surface area contributed by atoms with Crippen molar-refractivity contribution in [2.75, 3.05) is 49.8 Å². The summed E-state index contributed by atoms with van der Waals surface area (Å²) in [6.45, 7) is 0.765. The molecule has 3 aromatic rings. The summed E-state index contributed by atoms with van der Waals surface area (Å²) in [5.41, 5.74) is -0.364. The van der Waals surface area contributed by atoms with Crippen molar-refractivity contribution in [3.63, 3.8) is 0 Å². The van der Waals surface area contributed by atoms with Gasteiger partial charge < -0.3 is 33.9 Å². The van der Waals surface area contributed by atoms with Crippen LogP contribution >= 0.6 is 0 Å². The van der Waals surface area contributed by atoms with E-state index in [2.05, 4.69) is 0 Å². The molecule has 2 aliphatic heterocycles. The zero-order valence-electron chi connectivity index (χ0n) is 22.7. The van der Waals surface area contributed by atoms with Crippen molar-refractivity contribution in [1.82, 2.24) is 4.57 Å². The molecule has 13 heteroatoms. The van der Waals surface area contributed by atoms with Crippen molar-refractivity contribution in [3.8, 4) is 11.5 Å². The lowest BCUT2D eigenvalue weighted by molar-refractivity contribution is 0.0694. The molecule has 222 valence electrons. The maximum Gasteiger partial charge on any atom is 0.414 e. The number of anilines is 2. The Bertz CT molecular complexity index is 1640. The van der Waals surface area contributed by atoms with Gasteiger partial charge in [0, 0.05) is 37.3 Å². The first-order chi connectivity index (χ1) is 20.2. The molecule has 1 amide bonds. The number of hydrogen-bond donors (Lipinski definition) is 2. The third-order valence-corrected chi connectivity index (χ3v) is 7.95. The van der Waals surface area contributed by atoms with Gasteiger partial charge in [0.1, 0.15) is 17.4 Å². The molecule has 2 N–H and O–H groups in total. The molecule has 3 heterocycles. The van der Waals surface area contributed by atoms with Crippen LogP contribution in [0.1, 0.15) is 35.7 Å². The summed E-state index contributed by atoms with van der Waals surface area (Å²) in [7, 11) is 1.39. The van der Waals surface area contributed by atoms with Crippen LogP contribution in [-0.2, 0) is 4.74 Å². The van der Waals surface area contributed by atoms with Gasteiger partial charge in [-0.25, -0.2) is 18.4 Å². The van der Waals surface area contributed by atoms with Crippen molar-refractivity contribution >= 4 is 34.3 Å². The number of carbonyl (C=O) groups excluding carboxylic acids is 1. The highest BCUT2D eigenvalue weighted by Crippen LogP contribution is 2.44. The van der Waals surface area contributed by atoms with Crippen molar-refractivity contribution in [2.45, 2.75) is 31.4 Å². The van der Waals surface area contributed by atoms with E-state index in [0.29, 0.717) is 25.0 Å². The number of aliphatic hydroxyl groups is 1. The summed E-state index contributed by atoms with van der Waals surface area (Å²) >= 11 is 0. The summed E-state index contributed by atoms with van der Waals surface area (Å²) in [5.74, 6) is -2.65. The van der Waals surface area contributed by atoms with E-state index in [1.807, 2.05) is 0 Å². The van der Waals surface area contributed by atoms with Crippen LogP contribution in [0.3, 0.4) is 0 Å². The molecule has 0 unspecified atom stereocenters. The first-order valence-corrected chi connectivity index (χ1v) is 13.6. The van der Waals surface area contributed by atoms with Crippen LogP contribution in [-0.4, -0.2) is 72.9 Å². The van der Waals surface area contributed by atoms with Crippen LogP contribution in [0.5, 0.6) is 11.5 Å². The molecule has 3 fully saturated rings. The zero-order valence-corrected chi connectivity index (χ0v) is 22.7. The second-order valence-corrected chi connectivity index (χ2v) is 10.8. The lowest BCUT2D eigenvalue weighted by Crippen LogP contribution is -2.25. The smallest absolute Gasteiger partial charge is 0.414 e. The number of aliphatic hydroxyl groups excluding tert-OH is 1. The Hall–Kier alpha value is -4.39. The Morgan fingerprint density at radius 3 is 2.55 bits per heavy atom. The van der Waals surface area contributed by atoms with Gasteiger partial charge in [0.05, 0.1) is 43.5 Å². The normalized spacial score (nSPS) is 20.3. The van der Waals surface area contributed by atoms with Crippen LogP contribution in [0.4, 0.5) is 25.0 Å². The minimum Gasteiger partial charge on any atom is -0.492 e. The number of fused-ring (bicyclic) bond motifs is 1. The fraction of sp³-hybridized carbons (Fsp3) is 0.414. The predicted octanol–water partition coefficient (Wildman–Crippen LogP) is 3.54. The molecule has 42 heavy (non-hydrogen) atoms. The number of benzene rings is 2. The number of carbonyl (C=O) groups is 2. The second kappa shape index (κ2) is 10.8. The largest absolute Gasteiger partial charge is 0.492 e. The average Bonchev–Trinajstić information content (AvgIpc) is 3.58. The zero-order chi connectivity index (χ0) is 29.7. The molecule has 11 nitrogen and oxygen atoms in total. The van der Waals surface area contributed by atoms with E-state index in [-0.39, 0.29) is 60.0 Å². The SMILES string of the molecule is COc1c(N2CC[C@@H](COc3ccc(N4C[C@H](CO)OC4=O)cc3F)C2)c(F)cc2c(=O)c(C(=O)O)cn(C3CC3)c12. The van der Waals surface area contributed by atoms with Crippen LogP contribution in [0.25, 0.3) is 10.9 Å². The van der Waals surface area contributed by atoms with E-state index >= 15 is 4.39 Å². The summed E-state index contributed by atoms with van der Waals surface area (Å²) in [5, 5.41) is 18.7. The molecule has 6 rings (SSSR count). The number of halogens is 2. The molecule has 0 spiro atoms. The van der Waals surface area contributed by atoms with Gasteiger partial charge >= 0.3 is 12.1 Å². The van der Waals surface area contributed by atoms with Gasteiger partial charge in [-0.2, -0.15) is 0 Å². The number of amides is 1. The minimum atomic E-state index is -1.37. The van der Waals surface area contributed by atoms with Crippen LogP contribution < -0.4 is 24.7 Å². The molecule has 0 bridgehead atoms. The quantitative estimate of drug-likeness (QED) is 0.387. The van der Waals surface area contributed by atoms with Gasteiger partial charge in [0.15, 0.2) is 23.1 Å². The Balaban J connectivity index is 1.21. The lowest BCUT2D eigenvalue weighted by Gasteiger charge is -2.25. The van der Waals surface area contributed by atoms with E-state index in [1.165, 1.54) is 36.4 Å². The van der Waals surface area contributed by atoms with Crippen molar-refractivity contribution < 1.29 is 42.8 Å². The fourth-order valence-corrected chi connectivity index (χ4v) is 5.71. The number of nitrogens with zero attached hydrogens (tertiary/aromatic N) is 3. The number of carboxylic acids is 1. The fourth-order valence-electron chi connectivity index (χ4n) is 5.71. The van der Waals surface area contributed by atoms with Crippen molar-refractivity contribution in [1.29, 1.82) is 0 Å². The lowest BCUT2D eigenvalue weighted by atomic mass is 10.1. The van der Waals surface area contributed by atoms with Gasteiger partial charge in [0.2, 0.25) is 5.43 Å².